The van der Waals surface area contributed by atoms with E-state index >= 15 is 0 Å². The average molecular weight is 388 g/mol. The van der Waals surface area contributed by atoms with Crippen molar-refractivity contribution in [2.45, 2.75) is 26.2 Å². The molecule has 0 spiro atoms. The highest BCUT2D eigenvalue weighted by Crippen LogP contribution is 2.23. The molecule has 0 aromatic heterocycles. The number of hydrogen-bond donors (Lipinski definition) is 1. The van der Waals surface area contributed by atoms with Gasteiger partial charge in [0.15, 0.2) is 0 Å². The van der Waals surface area contributed by atoms with Crippen LogP contribution in [0.5, 0.6) is 5.75 Å². The lowest BCUT2D eigenvalue weighted by molar-refractivity contribution is -0.127. The van der Waals surface area contributed by atoms with Gasteiger partial charge in [0.2, 0.25) is 11.8 Å². The van der Waals surface area contributed by atoms with Gasteiger partial charge in [0, 0.05) is 44.8 Å². The lowest BCUT2D eigenvalue weighted by Crippen LogP contribution is -2.40. The second-order valence-electron chi connectivity index (χ2n) is 6.97. The molecule has 2 aliphatic rings. The van der Waals surface area contributed by atoms with Crippen molar-refractivity contribution in [3.05, 3.63) is 24.3 Å². The molecular weight excluding hydrogens is 360 g/mol. The van der Waals surface area contributed by atoms with E-state index in [2.05, 4.69) is 5.32 Å². The van der Waals surface area contributed by atoms with Crippen LogP contribution < -0.4 is 15.0 Å². The van der Waals surface area contributed by atoms with Crippen molar-refractivity contribution in [2.75, 3.05) is 50.8 Å². The van der Waals surface area contributed by atoms with E-state index in [9.17, 15) is 14.4 Å². The fraction of sp³-hybridized carbons (Fsp3) is 0.550. The predicted octanol–water partition coefficient (Wildman–Crippen LogP) is 1.46. The minimum Gasteiger partial charge on any atom is -0.494 e. The van der Waals surface area contributed by atoms with Gasteiger partial charge in [0.05, 0.1) is 6.61 Å². The zero-order chi connectivity index (χ0) is 19.9. The Hall–Kier alpha value is -2.77. The molecule has 2 fully saturated rings. The van der Waals surface area contributed by atoms with Crippen LogP contribution in [0.1, 0.15) is 26.2 Å². The highest BCUT2D eigenvalue weighted by molar-refractivity contribution is 5.96. The van der Waals surface area contributed by atoms with Crippen LogP contribution in [0.25, 0.3) is 0 Å². The topological polar surface area (TPSA) is 82.2 Å². The second kappa shape index (κ2) is 9.43. The van der Waals surface area contributed by atoms with E-state index in [-0.39, 0.29) is 24.4 Å². The van der Waals surface area contributed by atoms with Gasteiger partial charge in [0.25, 0.3) is 0 Å². The van der Waals surface area contributed by atoms with E-state index in [4.69, 9.17) is 4.74 Å². The average Bonchev–Trinajstić information content (AvgIpc) is 3.26. The molecule has 2 heterocycles. The Balaban J connectivity index is 1.40. The number of benzene rings is 1. The van der Waals surface area contributed by atoms with Crippen LogP contribution >= 0.6 is 0 Å². The third-order valence-corrected chi connectivity index (χ3v) is 4.99. The molecule has 1 aromatic rings. The quantitative estimate of drug-likeness (QED) is 0.650. The highest BCUT2D eigenvalue weighted by atomic mass is 16.5. The second-order valence-corrected chi connectivity index (χ2v) is 6.97. The van der Waals surface area contributed by atoms with Gasteiger partial charge in [-0.2, -0.15) is 0 Å². The molecule has 0 unspecified atom stereocenters. The number of hydrogen-bond acceptors (Lipinski definition) is 4. The fourth-order valence-corrected chi connectivity index (χ4v) is 3.53. The third kappa shape index (κ3) is 4.94. The first-order valence-corrected chi connectivity index (χ1v) is 9.92. The van der Waals surface area contributed by atoms with E-state index in [1.54, 1.807) is 9.80 Å². The van der Waals surface area contributed by atoms with Crippen molar-refractivity contribution < 1.29 is 19.1 Å². The number of likely N-dealkylation sites (tertiary alicyclic amines) is 1. The molecule has 0 aliphatic carbocycles. The molecule has 2 aliphatic heterocycles. The molecule has 8 heteroatoms. The molecule has 0 saturated carbocycles. The van der Waals surface area contributed by atoms with E-state index in [0.717, 1.165) is 30.8 Å². The molecule has 0 bridgehead atoms. The van der Waals surface area contributed by atoms with E-state index in [1.807, 2.05) is 36.1 Å². The number of anilines is 1. The molecule has 152 valence electrons. The number of nitrogens with one attached hydrogen (secondary N) is 1. The maximum Gasteiger partial charge on any atom is 0.325 e. The number of carbonyl (C=O) groups excluding carboxylic acids is 3. The van der Waals surface area contributed by atoms with Crippen molar-refractivity contribution in [2.24, 2.45) is 0 Å². The largest absolute Gasteiger partial charge is 0.494 e. The molecule has 3 rings (SSSR count). The molecule has 1 aromatic carbocycles. The Morgan fingerprint density at radius 3 is 2.57 bits per heavy atom. The van der Waals surface area contributed by atoms with E-state index in [1.165, 1.54) is 0 Å². The van der Waals surface area contributed by atoms with Crippen LogP contribution in [-0.4, -0.2) is 73.5 Å². The third-order valence-electron chi connectivity index (χ3n) is 4.99. The Kier molecular flexibility index (Phi) is 6.73. The van der Waals surface area contributed by atoms with Gasteiger partial charge in [0.1, 0.15) is 12.3 Å². The number of urea groups is 1. The maximum atomic E-state index is 12.6. The summed E-state index contributed by atoms with van der Waals surface area (Å²) in [5, 5.41) is 2.84. The Bertz CT molecular complexity index is 707. The Morgan fingerprint density at radius 1 is 1.11 bits per heavy atom. The highest BCUT2D eigenvalue weighted by Gasteiger charge is 2.30. The van der Waals surface area contributed by atoms with Crippen molar-refractivity contribution in [3.8, 4) is 5.75 Å². The maximum absolute atomic E-state index is 12.6. The zero-order valence-electron chi connectivity index (χ0n) is 16.4. The zero-order valence-corrected chi connectivity index (χ0v) is 16.4. The molecule has 0 atom stereocenters. The smallest absolute Gasteiger partial charge is 0.325 e. The van der Waals surface area contributed by atoms with Crippen molar-refractivity contribution >= 4 is 23.5 Å². The summed E-state index contributed by atoms with van der Waals surface area (Å²) in [6.07, 6.45) is 2.28. The SMILES string of the molecule is CCOc1ccc(N2CCN(CC(=O)NCCCN3CCCC3=O)C2=O)cc1. The normalized spacial score (nSPS) is 16.8. The minimum absolute atomic E-state index is 0.0506. The number of carbonyl (C=O) groups is 3. The number of rotatable bonds is 9. The van der Waals surface area contributed by atoms with Crippen LogP contribution in [0.4, 0.5) is 10.5 Å². The summed E-state index contributed by atoms with van der Waals surface area (Å²) in [5.74, 6) is 0.794. The Labute approximate surface area is 165 Å². The summed E-state index contributed by atoms with van der Waals surface area (Å²) in [6.45, 7) is 5.64. The minimum atomic E-state index is -0.172. The van der Waals surface area contributed by atoms with Crippen molar-refractivity contribution in [1.82, 2.24) is 15.1 Å². The molecular formula is C20H28N4O4. The van der Waals surface area contributed by atoms with Gasteiger partial charge in [-0.3, -0.25) is 14.5 Å². The van der Waals surface area contributed by atoms with Crippen LogP contribution in [-0.2, 0) is 9.59 Å². The van der Waals surface area contributed by atoms with Gasteiger partial charge in [-0.25, -0.2) is 4.79 Å². The number of amides is 4. The van der Waals surface area contributed by atoms with Crippen LogP contribution in [0.15, 0.2) is 24.3 Å². The molecule has 8 nitrogen and oxygen atoms in total. The van der Waals surface area contributed by atoms with Gasteiger partial charge in [-0.15, -0.1) is 0 Å². The van der Waals surface area contributed by atoms with E-state index in [0.29, 0.717) is 39.2 Å². The summed E-state index contributed by atoms with van der Waals surface area (Å²) in [4.78, 5) is 41.3. The summed E-state index contributed by atoms with van der Waals surface area (Å²) in [5.41, 5.74) is 0.798. The van der Waals surface area contributed by atoms with Crippen LogP contribution in [0.3, 0.4) is 0 Å². The van der Waals surface area contributed by atoms with Crippen LogP contribution in [0.2, 0.25) is 0 Å². The summed E-state index contributed by atoms with van der Waals surface area (Å²) >= 11 is 0. The van der Waals surface area contributed by atoms with Crippen LogP contribution in [0, 0.1) is 0 Å². The standard InChI is InChI=1S/C20H28N4O4/c1-2-28-17-8-6-16(7-9-17)24-14-13-23(20(24)27)15-18(25)21-10-4-12-22-11-3-5-19(22)26/h6-9H,2-5,10-15H2,1H3,(H,21,25). The van der Waals surface area contributed by atoms with Gasteiger partial charge >= 0.3 is 6.03 Å². The first-order valence-electron chi connectivity index (χ1n) is 9.92. The van der Waals surface area contributed by atoms with Gasteiger partial charge in [-0.1, -0.05) is 0 Å². The van der Waals surface area contributed by atoms with Crippen molar-refractivity contribution in [1.29, 1.82) is 0 Å². The lowest BCUT2D eigenvalue weighted by Gasteiger charge is -2.19. The molecule has 1 N–H and O–H groups in total. The van der Waals surface area contributed by atoms with E-state index < -0.39 is 0 Å². The monoisotopic (exact) mass is 388 g/mol. The molecule has 2 saturated heterocycles. The summed E-state index contributed by atoms with van der Waals surface area (Å²) in [7, 11) is 0. The first-order chi connectivity index (χ1) is 13.6. The summed E-state index contributed by atoms with van der Waals surface area (Å²) in [6, 6.07) is 7.22. The number of ether oxygens (including phenoxy) is 1. The molecule has 4 amide bonds. The fourth-order valence-electron chi connectivity index (χ4n) is 3.53. The lowest BCUT2D eigenvalue weighted by atomic mass is 10.3. The van der Waals surface area contributed by atoms with Gasteiger partial charge in [-0.05, 0) is 44.0 Å². The van der Waals surface area contributed by atoms with Gasteiger partial charge < -0.3 is 19.9 Å². The van der Waals surface area contributed by atoms with Crippen molar-refractivity contribution in [3.63, 3.8) is 0 Å². The summed E-state index contributed by atoms with van der Waals surface area (Å²) < 4.78 is 5.42. The first kappa shape index (κ1) is 20.0. The molecule has 0 radical (unpaired) electrons. The molecule has 28 heavy (non-hydrogen) atoms. The predicted molar refractivity (Wildman–Crippen MR) is 105 cm³/mol. The number of nitrogens with zero attached hydrogens (tertiary/aromatic N) is 3. The Morgan fingerprint density at radius 2 is 1.89 bits per heavy atom.